The van der Waals surface area contributed by atoms with Crippen LogP contribution in [0.4, 0.5) is 8.78 Å². The third kappa shape index (κ3) is 4.00. The number of pyridine rings is 1. The zero-order valence-electron chi connectivity index (χ0n) is 15.3. The zero-order valence-corrected chi connectivity index (χ0v) is 15.3. The minimum atomic E-state index is -0.707. The van der Waals surface area contributed by atoms with Crippen LogP contribution >= 0.6 is 0 Å². The van der Waals surface area contributed by atoms with Gasteiger partial charge in [0.15, 0.2) is 0 Å². The molecule has 2 aromatic heterocycles. The van der Waals surface area contributed by atoms with Gasteiger partial charge in [-0.1, -0.05) is 24.3 Å². The number of nitrogens with one attached hydrogen (secondary N) is 1. The molecule has 0 radical (unpaired) electrons. The van der Waals surface area contributed by atoms with Gasteiger partial charge >= 0.3 is 0 Å². The molecule has 146 valence electrons. The highest BCUT2D eigenvalue weighted by atomic mass is 19.1. The van der Waals surface area contributed by atoms with Crippen LogP contribution in [0.3, 0.4) is 0 Å². The maximum atomic E-state index is 13.2. The Labute approximate surface area is 165 Å². The van der Waals surface area contributed by atoms with Gasteiger partial charge < -0.3 is 4.57 Å². The summed E-state index contributed by atoms with van der Waals surface area (Å²) < 4.78 is 28.4. The molecule has 7 heteroatoms. The van der Waals surface area contributed by atoms with Crippen LogP contribution in [0.5, 0.6) is 0 Å². The molecule has 4 aromatic rings. The summed E-state index contributed by atoms with van der Waals surface area (Å²) in [4.78, 5) is 15.9. The largest absolute Gasteiger partial charge is 0.343 e. The topological polar surface area (TPSA) is 67.2 Å². The van der Waals surface area contributed by atoms with Crippen LogP contribution in [0.15, 0.2) is 67.0 Å². The number of fused-ring (bicyclic) bond motifs is 1. The number of nitrogens with zero attached hydrogens (tertiary/aromatic N) is 2. The molecule has 0 unspecified atom stereocenters. The molecule has 0 aliphatic carbocycles. The van der Waals surface area contributed by atoms with Crippen LogP contribution in [0.1, 0.15) is 27.2 Å². The Bertz CT molecular complexity index is 1170. The predicted molar refractivity (Wildman–Crippen MR) is 104 cm³/mol. The molecule has 4 rings (SSSR count). The molecular formula is C22H17F2N3O2. The minimum absolute atomic E-state index is 0.0757. The van der Waals surface area contributed by atoms with Gasteiger partial charge in [-0.05, 0) is 53.4 Å². The van der Waals surface area contributed by atoms with Gasteiger partial charge in [-0.2, -0.15) is 0 Å². The molecule has 0 bridgehead atoms. The Morgan fingerprint density at radius 1 is 1.00 bits per heavy atom. The van der Waals surface area contributed by atoms with Crippen molar-refractivity contribution in [3.63, 3.8) is 0 Å². The number of benzene rings is 2. The van der Waals surface area contributed by atoms with Crippen molar-refractivity contribution < 1.29 is 18.8 Å². The minimum Gasteiger partial charge on any atom is -0.343 e. The Morgan fingerprint density at radius 2 is 1.62 bits per heavy atom. The highest BCUT2D eigenvalue weighted by Gasteiger charge is 2.14. The molecule has 1 amide bonds. The number of hydrogen-bond donors (Lipinski definition) is 2. The Balaban J connectivity index is 1.77. The smallest absolute Gasteiger partial charge is 0.293 e. The van der Waals surface area contributed by atoms with E-state index in [-0.39, 0.29) is 17.3 Å². The number of rotatable bonds is 5. The van der Waals surface area contributed by atoms with Crippen molar-refractivity contribution in [1.82, 2.24) is 15.0 Å². The molecule has 5 nitrogen and oxygen atoms in total. The van der Waals surface area contributed by atoms with E-state index in [0.29, 0.717) is 13.0 Å². The maximum Gasteiger partial charge on any atom is 0.293 e. The quantitative estimate of drug-likeness (QED) is 0.397. The number of hydrogen-bond acceptors (Lipinski definition) is 3. The number of aromatic nitrogens is 2. The Morgan fingerprint density at radius 3 is 2.24 bits per heavy atom. The molecule has 2 aromatic carbocycles. The van der Waals surface area contributed by atoms with Crippen molar-refractivity contribution in [3.05, 3.63) is 101 Å². The monoisotopic (exact) mass is 393 g/mol. The summed E-state index contributed by atoms with van der Waals surface area (Å²) >= 11 is 0. The Kier molecular flexibility index (Phi) is 5.05. The average molecular weight is 393 g/mol. The first-order valence-electron chi connectivity index (χ1n) is 8.94. The van der Waals surface area contributed by atoms with E-state index in [1.807, 2.05) is 10.8 Å². The van der Waals surface area contributed by atoms with Gasteiger partial charge in [0, 0.05) is 24.3 Å². The first-order valence-corrected chi connectivity index (χ1v) is 8.94. The summed E-state index contributed by atoms with van der Waals surface area (Å²) in [5.41, 5.74) is 5.19. The molecular weight excluding hydrogens is 376 g/mol. The summed E-state index contributed by atoms with van der Waals surface area (Å²) in [6.45, 7) is 0.463. The van der Waals surface area contributed by atoms with Gasteiger partial charge in [0.25, 0.3) is 5.91 Å². The summed E-state index contributed by atoms with van der Waals surface area (Å²) in [5.74, 6) is -1.32. The van der Waals surface area contributed by atoms with Crippen LogP contribution in [0.25, 0.3) is 10.9 Å². The number of amides is 1. The molecule has 0 saturated heterocycles. The van der Waals surface area contributed by atoms with Crippen molar-refractivity contribution in [1.29, 1.82) is 0 Å². The van der Waals surface area contributed by atoms with E-state index in [0.717, 1.165) is 27.6 Å². The summed E-state index contributed by atoms with van der Waals surface area (Å²) in [6, 6.07) is 14.0. The molecule has 0 saturated carbocycles. The van der Waals surface area contributed by atoms with Gasteiger partial charge in [-0.15, -0.1) is 0 Å². The first-order chi connectivity index (χ1) is 14.0. The molecule has 0 atom stereocenters. The van der Waals surface area contributed by atoms with Crippen molar-refractivity contribution in [2.24, 2.45) is 0 Å². The van der Waals surface area contributed by atoms with Gasteiger partial charge in [0.2, 0.25) is 0 Å². The van der Waals surface area contributed by atoms with E-state index in [1.54, 1.807) is 42.0 Å². The fraction of sp³-hybridized carbons (Fsp3) is 0.0909. The van der Waals surface area contributed by atoms with Crippen molar-refractivity contribution in [3.8, 4) is 0 Å². The van der Waals surface area contributed by atoms with Crippen LogP contribution in [-0.2, 0) is 13.0 Å². The number of hydroxylamine groups is 1. The third-order valence-electron chi connectivity index (χ3n) is 4.76. The van der Waals surface area contributed by atoms with Gasteiger partial charge in [-0.3, -0.25) is 15.0 Å². The second kappa shape index (κ2) is 7.81. The summed E-state index contributed by atoms with van der Waals surface area (Å²) in [5, 5.41) is 9.74. The highest BCUT2D eigenvalue weighted by molar-refractivity contribution is 5.95. The molecule has 0 aliphatic rings. The van der Waals surface area contributed by atoms with Crippen LogP contribution in [-0.4, -0.2) is 20.7 Å². The lowest BCUT2D eigenvalue weighted by molar-refractivity contribution is 0.0701. The van der Waals surface area contributed by atoms with Crippen LogP contribution < -0.4 is 5.48 Å². The van der Waals surface area contributed by atoms with E-state index in [2.05, 4.69) is 4.98 Å². The Hall–Kier alpha value is -3.58. The number of carbonyl (C=O) groups is 1. The lowest BCUT2D eigenvalue weighted by Crippen LogP contribution is -2.19. The first kappa shape index (κ1) is 18.8. The van der Waals surface area contributed by atoms with E-state index >= 15 is 0 Å². The highest BCUT2D eigenvalue weighted by Crippen LogP contribution is 2.25. The zero-order chi connectivity index (χ0) is 20.4. The average Bonchev–Trinajstić information content (AvgIpc) is 3.07. The summed E-state index contributed by atoms with van der Waals surface area (Å²) in [6.07, 6.45) is 4.08. The van der Waals surface area contributed by atoms with Crippen LogP contribution in [0, 0.1) is 11.6 Å². The van der Waals surface area contributed by atoms with Gasteiger partial charge in [0.1, 0.15) is 17.3 Å². The fourth-order valence-corrected chi connectivity index (χ4v) is 3.32. The predicted octanol–water partition coefficient (Wildman–Crippen LogP) is 4.07. The molecule has 0 aliphatic heterocycles. The maximum absolute atomic E-state index is 13.2. The number of carbonyl (C=O) groups excluding carboxylic acids is 1. The number of halogens is 2. The van der Waals surface area contributed by atoms with E-state index < -0.39 is 5.91 Å². The van der Waals surface area contributed by atoms with E-state index in [4.69, 9.17) is 5.21 Å². The molecule has 2 N–H and O–H groups in total. The van der Waals surface area contributed by atoms with Crippen molar-refractivity contribution >= 4 is 16.8 Å². The molecule has 2 heterocycles. The lowest BCUT2D eigenvalue weighted by atomic mass is 10.1. The van der Waals surface area contributed by atoms with Gasteiger partial charge in [0.05, 0.1) is 5.52 Å². The van der Waals surface area contributed by atoms with Crippen molar-refractivity contribution in [2.45, 2.75) is 13.0 Å². The molecule has 29 heavy (non-hydrogen) atoms. The second-order valence-corrected chi connectivity index (χ2v) is 6.74. The van der Waals surface area contributed by atoms with Gasteiger partial charge in [-0.25, -0.2) is 14.3 Å². The van der Waals surface area contributed by atoms with Crippen LogP contribution in [0.2, 0.25) is 0 Å². The second-order valence-electron chi connectivity index (χ2n) is 6.74. The molecule has 0 spiro atoms. The standard InChI is InChI=1S/C22H17F2N3O2/c23-17-5-1-14(2-6-17)9-16-13-27(12-15-3-7-18(24)8-4-15)21-10-20(22(28)26-29)25-11-19(16)21/h1-8,10-11,13,29H,9,12H2,(H,26,28). The fourth-order valence-electron chi connectivity index (χ4n) is 3.32. The lowest BCUT2D eigenvalue weighted by Gasteiger charge is -2.06. The normalized spacial score (nSPS) is 11.0. The third-order valence-corrected chi connectivity index (χ3v) is 4.76. The van der Waals surface area contributed by atoms with E-state index in [9.17, 15) is 13.6 Å². The SMILES string of the molecule is O=C(NO)c1cc2c(cn1)c(Cc1ccc(F)cc1)cn2Cc1ccc(F)cc1. The molecule has 0 fully saturated rings. The summed E-state index contributed by atoms with van der Waals surface area (Å²) in [7, 11) is 0. The van der Waals surface area contributed by atoms with Crippen molar-refractivity contribution in [2.75, 3.05) is 0 Å². The van der Waals surface area contributed by atoms with E-state index in [1.165, 1.54) is 24.3 Å².